The normalized spacial score (nSPS) is 11.1. The number of aromatic nitrogens is 30. The lowest BCUT2D eigenvalue weighted by Gasteiger charge is -2.09. The lowest BCUT2D eigenvalue weighted by molar-refractivity contribution is 0.101. The second-order valence-electron chi connectivity index (χ2n) is 30.3. The minimum Gasteiger partial charge on any atom is -0.492 e. The molecule has 0 atom stereocenters. The summed E-state index contributed by atoms with van der Waals surface area (Å²) in [5.41, 5.74) is 34.6. The largest absolute Gasteiger partial charge is 0.492 e. The number of carbonyl (C=O) groups is 2. The van der Waals surface area contributed by atoms with Crippen LogP contribution in [-0.4, -0.2) is 174 Å². The van der Waals surface area contributed by atoms with E-state index in [1.165, 1.54) is 86.8 Å². The van der Waals surface area contributed by atoms with Crippen molar-refractivity contribution in [2.24, 2.45) is 16.6 Å². The quantitative estimate of drug-likeness (QED) is 0.0153. The third-order valence-electron chi connectivity index (χ3n) is 20.6. The topological polar surface area (TPSA) is 539 Å². The van der Waals surface area contributed by atoms with Crippen LogP contribution in [0.1, 0.15) is 76.0 Å². The Hall–Kier alpha value is -17.1. The number of nitrogens with one attached hydrogen (secondary N) is 2. The predicted octanol–water partition coefficient (Wildman–Crippen LogP) is 15.7. The molecule has 0 fully saturated rings. The zero-order chi connectivity index (χ0) is 100. The number of hydrogen-bond donors (Lipinski definition) is 6. The molecule has 716 valence electrons. The molecule has 143 heavy (non-hydrogen) atoms. The summed E-state index contributed by atoms with van der Waals surface area (Å²) in [6.07, 6.45) is 18.7. The smallest absolute Gasteiger partial charge is 0.332 e. The van der Waals surface area contributed by atoms with Crippen LogP contribution < -0.4 is 33.7 Å². The molecule has 0 aliphatic heterocycles. The van der Waals surface area contributed by atoms with Crippen molar-refractivity contribution in [1.29, 1.82) is 0 Å². The summed E-state index contributed by atoms with van der Waals surface area (Å²) in [6.45, 7) is 10.3. The van der Waals surface area contributed by atoms with Crippen LogP contribution in [-0.2, 0) is 44.0 Å². The van der Waals surface area contributed by atoms with E-state index in [2.05, 4.69) is 217 Å². The van der Waals surface area contributed by atoms with Gasteiger partial charge in [0, 0.05) is 159 Å². The Morgan fingerprint density at radius 1 is 0.399 bits per heavy atom. The first kappa shape index (κ1) is 98.9. The van der Waals surface area contributed by atoms with Gasteiger partial charge >= 0.3 is 6.03 Å². The number of Topliss-reactive ketones (excluding diaryl/α,β-unsaturated/α-hetero) is 1. The average Bonchev–Trinajstić information content (AvgIpc) is 1.37. The Labute approximate surface area is 835 Å². The van der Waals surface area contributed by atoms with Crippen LogP contribution in [0.4, 0.5) is 48.6 Å². The van der Waals surface area contributed by atoms with E-state index in [4.69, 9.17) is 27.7 Å². The molecule has 0 aliphatic carbocycles. The third-order valence-corrected chi connectivity index (χ3v) is 22.4. The minimum atomic E-state index is -0.790. The first-order chi connectivity index (χ1) is 69.1. The molecule has 22 rings (SSSR count). The van der Waals surface area contributed by atoms with Crippen molar-refractivity contribution in [2.45, 2.75) is 60.0 Å². The number of carbonyl (C=O) groups excluding carboxylic acids is 2. The van der Waals surface area contributed by atoms with Gasteiger partial charge in [0.15, 0.2) is 45.8 Å². The number of pyridine rings is 6. The zero-order valence-corrected chi connectivity index (χ0v) is 81.0. The first-order valence-electron chi connectivity index (χ1n) is 42.3. The number of nitrogens with two attached hydrogens (primary N) is 4. The summed E-state index contributed by atoms with van der Waals surface area (Å²) < 4.78 is 98.4. The molecule has 6 aromatic carbocycles. The van der Waals surface area contributed by atoms with Crippen LogP contribution in [0, 0.1) is 34.9 Å². The van der Waals surface area contributed by atoms with Gasteiger partial charge in [-0.2, -0.15) is 5.10 Å². The number of nitrogens with zero attached hydrogens (tertiary/aromatic N) is 31. The Kier molecular flexibility index (Phi) is 31.3. The monoisotopic (exact) mass is 2180 g/mol. The highest BCUT2D eigenvalue weighted by Crippen LogP contribution is 2.29. The van der Waals surface area contributed by atoms with E-state index in [1.54, 1.807) is 105 Å². The van der Waals surface area contributed by atoms with E-state index in [9.17, 15) is 35.9 Å². The maximum absolute atomic E-state index is 14.5. The second-order valence-corrected chi connectivity index (χ2v) is 33.5. The van der Waals surface area contributed by atoms with Crippen LogP contribution in [0.3, 0.4) is 0 Å². The fraction of sp³-hybridized carbons (Fsp3) is 0.108. The highest BCUT2D eigenvalue weighted by atomic mass is 79.9. The molecular formula is C93H71Br4F6N37O3. The SMILES string of the molecule is C/C(=N\NC(N)=O)c1cnc2nnn(Cc3cc4cccnc4cc3F)c2n1.C=C(OCC)c1cnc2nnn(Cc3cc4cccnc4cc3F)c2n1.CC(=O)c1cnc2nnn(Cc3cc4cccnc4cc3F)c2n1.Fc1cc2ncccc2cc1Cn1nnc2ncc(Br)nc21.NCc1cc2cccnc2cc1F.Nc1ncc(Br)nc1Br.Nc1ncc(Br)nc1NCc1cc2cccnc2cc1F. The minimum absolute atomic E-state index is 0.112. The van der Waals surface area contributed by atoms with E-state index in [1.807, 2.05) is 67.6 Å². The number of halogens is 10. The maximum atomic E-state index is 14.5. The van der Waals surface area contributed by atoms with Gasteiger partial charge in [-0.25, -0.2) is 115 Å². The van der Waals surface area contributed by atoms with Crippen LogP contribution in [0.25, 0.3) is 116 Å². The summed E-state index contributed by atoms with van der Waals surface area (Å²) in [6, 6.07) is 40.2. The molecule has 16 heterocycles. The first-order valence-corrected chi connectivity index (χ1v) is 45.5. The molecule has 16 aromatic heterocycles. The summed E-state index contributed by atoms with van der Waals surface area (Å²) >= 11 is 12.7. The Balaban J connectivity index is 0.000000122. The molecule has 0 bridgehead atoms. The van der Waals surface area contributed by atoms with Gasteiger partial charge in [0.25, 0.3) is 0 Å². The molecule has 50 heteroatoms. The summed E-state index contributed by atoms with van der Waals surface area (Å²) in [7, 11) is 0. The standard InChI is InChI=1S/C18H15FN6O.C17H14FN9O.C16H11FN6O.C14H8BrFN6.C14H11BrFN5.C10H9FN2.C4H3Br2N3/c1-3-26-11(2)16-9-21-17-18(22-16)25(24-23-17)10-13-7-12-5-4-6-20-15(12)8-14(13)19;1-9(23-25-17(19)28)14-7-21-15-16(22-14)27(26-24-15)8-11-5-10-3-2-4-20-13(10)6-12(11)18;1-9(24)14-7-19-15-16(20-14)23(22-21-15)8-11-5-10-3-2-4-18-13(10)6-12(11)17;15-12-6-18-13-14(19-12)22(21-20-13)7-9-4-8-2-1-3-17-11(8)5-10(9)16;15-12-7-19-13(17)14(21-12)20-6-9-4-8-2-1-3-18-11(8)5-10(9)16;11-9-5-10-7(2-1-3-13-10)4-8(9)6-12;5-2-1-8-4(7)3(6)9-2/h4-9H,2-3,10H2,1H3;2-7H,8H2,1H3,(H3,19,25,28);2-7H,8H2,1H3;1-6H,7H2;1-5,7H,6H2,(H2,17,19)(H,20,21);1-5H,6,12H2;1H,(H2,7,8)/b;23-9+;;;;;. The highest BCUT2D eigenvalue weighted by molar-refractivity contribution is 9.11. The zero-order valence-electron chi connectivity index (χ0n) is 74.6. The van der Waals surface area contributed by atoms with E-state index < -0.39 is 11.8 Å². The summed E-state index contributed by atoms with van der Waals surface area (Å²) in [4.78, 5) is 96.8. The van der Waals surface area contributed by atoms with Crippen molar-refractivity contribution in [3.05, 3.63) is 330 Å². The number of anilines is 3. The number of urea groups is 1. The number of ketones is 1. The lowest BCUT2D eigenvalue weighted by atomic mass is 10.1. The molecule has 0 aliphatic rings. The molecule has 0 unspecified atom stereocenters. The molecule has 40 nitrogen and oxygen atoms in total. The van der Waals surface area contributed by atoms with E-state index in [0.29, 0.717) is 171 Å². The van der Waals surface area contributed by atoms with Crippen LogP contribution in [0.15, 0.2) is 250 Å². The van der Waals surface area contributed by atoms with Gasteiger partial charge in [-0.05, 0) is 150 Å². The molecule has 0 saturated carbocycles. The molecule has 10 N–H and O–H groups in total. The van der Waals surface area contributed by atoms with Gasteiger partial charge in [0.05, 0.1) is 109 Å². The number of amides is 2. The second kappa shape index (κ2) is 45.2. The van der Waals surface area contributed by atoms with Gasteiger partial charge in [-0.1, -0.05) is 63.8 Å². The third kappa shape index (κ3) is 24.4. The van der Waals surface area contributed by atoms with Crippen LogP contribution in [0.5, 0.6) is 0 Å². The number of fused-ring (bicyclic) bond motifs is 10. The number of hydrogen-bond acceptors (Lipinski definition) is 34. The maximum Gasteiger partial charge on any atom is 0.332 e. The van der Waals surface area contributed by atoms with Crippen LogP contribution in [0.2, 0.25) is 0 Å². The molecule has 2 amide bonds. The van der Waals surface area contributed by atoms with Crippen molar-refractivity contribution in [3.8, 4) is 0 Å². The Bertz CT molecular complexity index is 8590. The van der Waals surface area contributed by atoms with Crippen molar-refractivity contribution in [3.63, 3.8) is 0 Å². The number of primary amides is 1. The highest BCUT2D eigenvalue weighted by Gasteiger charge is 2.21. The van der Waals surface area contributed by atoms with Crippen molar-refractivity contribution < 1.29 is 40.7 Å². The fourth-order valence-electron chi connectivity index (χ4n) is 13.7. The van der Waals surface area contributed by atoms with E-state index >= 15 is 0 Å². The Morgan fingerprint density at radius 2 is 0.713 bits per heavy atom. The predicted molar refractivity (Wildman–Crippen MR) is 534 cm³/mol. The average molecular weight is 2190 g/mol. The van der Waals surface area contributed by atoms with Crippen LogP contribution >= 0.6 is 63.7 Å². The molecular weight excluding hydrogens is 2120 g/mol. The number of ether oxygens (including phenoxy) is 1. The van der Waals surface area contributed by atoms with Crippen molar-refractivity contribution in [2.75, 3.05) is 23.4 Å². The summed E-state index contributed by atoms with van der Waals surface area (Å²) in [5, 5.41) is 43.8. The van der Waals surface area contributed by atoms with Gasteiger partial charge in [0.1, 0.15) is 76.2 Å². The van der Waals surface area contributed by atoms with Gasteiger partial charge in [0.2, 0.25) is 22.6 Å². The number of benzene rings is 6. The lowest BCUT2D eigenvalue weighted by Crippen LogP contribution is -2.25. The number of nitrogen functional groups attached to an aromatic ring is 2. The molecule has 0 saturated heterocycles. The summed E-state index contributed by atoms with van der Waals surface area (Å²) in [5.74, 6) is -0.806. The Morgan fingerprint density at radius 3 is 1.08 bits per heavy atom. The molecule has 0 spiro atoms. The molecule has 22 aromatic rings. The van der Waals surface area contributed by atoms with Gasteiger partial charge in [-0.15, -0.1) is 20.4 Å². The number of rotatable bonds is 18. The van der Waals surface area contributed by atoms with Gasteiger partial charge < -0.3 is 33.0 Å². The van der Waals surface area contributed by atoms with E-state index in [0.717, 1.165) is 32.3 Å². The van der Waals surface area contributed by atoms with Gasteiger partial charge in [-0.3, -0.25) is 34.7 Å². The van der Waals surface area contributed by atoms with Crippen molar-refractivity contribution >= 4 is 215 Å². The fourth-order valence-corrected chi connectivity index (χ4v) is 15.0. The molecule has 0 radical (unpaired) electrons. The number of hydrazone groups is 1. The van der Waals surface area contributed by atoms with Crippen molar-refractivity contribution in [1.82, 2.24) is 155 Å². The van der Waals surface area contributed by atoms with E-state index in [-0.39, 0.29) is 85.6 Å².